The second-order valence-electron chi connectivity index (χ2n) is 4.17. The third-order valence-electron chi connectivity index (χ3n) is 2.61. The van der Waals surface area contributed by atoms with Gasteiger partial charge >= 0.3 is 12.0 Å². The highest BCUT2D eigenvalue weighted by atomic mass is 16.4. The summed E-state index contributed by atoms with van der Waals surface area (Å²) >= 11 is 0. The van der Waals surface area contributed by atoms with Crippen molar-refractivity contribution in [1.29, 1.82) is 0 Å². The SMILES string of the molecule is C=CCCCN(C)C(=O)Nc1cccc(C(=O)O)c1. The van der Waals surface area contributed by atoms with E-state index in [1.54, 1.807) is 24.1 Å². The lowest BCUT2D eigenvalue weighted by Crippen LogP contribution is -2.32. The molecule has 1 aromatic carbocycles. The van der Waals surface area contributed by atoms with Crippen LogP contribution in [0.1, 0.15) is 23.2 Å². The van der Waals surface area contributed by atoms with E-state index in [1.807, 2.05) is 6.08 Å². The minimum Gasteiger partial charge on any atom is -0.478 e. The van der Waals surface area contributed by atoms with Crippen LogP contribution in [-0.2, 0) is 0 Å². The zero-order valence-corrected chi connectivity index (χ0v) is 10.9. The first-order valence-corrected chi connectivity index (χ1v) is 6.01. The molecule has 0 heterocycles. The zero-order chi connectivity index (χ0) is 14.3. The first kappa shape index (κ1) is 14.8. The van der Waals surface area contributed by atoms with E-state index in [0.29, 0.717) is 12.2 Å². The van der Waals surface area contributed by atoms with Crippen molar-refractivity contribution in [3.63, 3.8) is 0 Å². The van der Waals surface area contributed by atoms with Crippen molar-refractivity contribution in [1.82, 2.24) is 4.90 Å². The molecular weight excluding hydrogens is 244 g/mol. The fourth-order valence-corrected chi connectivity index (χ4v) is 1.52. The zero-order valence-electron chi connectivity index (χ0n) is 10.9. The highest BCUT2D eigenvalue weighted by Gasteiger charge is 2.09. The number of rotatable bonds is 6. The Morgan fingerprint density at radius 3 is 2.84 bits per heavy atom. The van der Waals surface area contributed by atoms with E-state index >= 15 is 0 Å². The molecule has 1 aromatic rings. The van der Waals surface area contributed by atoms with Crippen LogP contribution in [0, 0.1) is 0 Å². The molecule has 0 fully saturated rings. The Hall–Kier alpha value is -2.30. The smallest absolute Gasteiger partial charge is 0.335 e. The summed E-state index contributed by atoms with van der Waals surface area (Å²) < 4.78 is 0. The van der Waals surface area contributed by atoms with Crippen molar-refractivity contribution in [3.05, 3.63) is 42.5 Å². The predicted molar refractivity (Wildman–Crippen MR) is 74.5 cm³/mol. The number of nitrogens with one attached hydrogen (secondary N) is 1. The standard InChI is InChI=1S/C14H18N2O3/c1-3-4-5-9-16(2)14(19)15-12-8-6-7-11(10-12)13(17)18/h3,6-8,10H,1,4-5,9H2,2H3,(H,15,19)(H,17,18). The van der Waals surface area contributed by atoms with Gasteiger partial charge in [0.25, 0.3) is 0 Å². The molecule has 0 spiro atoms. The maximum absolute atomic E-state index is 11.8. The maximum Gasteiger partial charge on any atom is 0.335 e. The summed E-state index contributed by atoms with van der Waals surface area (Å²) in [6.07, 6.45) is 3.51. The lowest BCUT2D eigenvalue weighted by atomic mass is 10.2. The van der Waals surface area contributed by atoms with Crippen LogP contribution in [0.3, 0.4) is 0 Å². The molecule has 0 bridgehead atoms. The number of hydrogen-bond donors (Lipinski definition) is 2. The fourth-order valence-electron chi connectivity index (χ4n) is 1.52. The number of carboxylic acids is 1. The Morgan fingerprint density at radius 2 is 2.21 bits per heavy atom. The quantitative estimate of drug-likeness (QED) is 0.611. The molecule has 0 unspecified atom stereocenters. The van der Waals surface area contributed by atoms with Crippen molar-refractivity contribution < 1.29 is 14.7 Å². The number of carbonyl (C=O) groups is 2. The van der Waals surface area contributed by atoms with Crippen molar-refractivity contribution in [2.75, 3.05) is 18.9 Å². The Kier molecular flexibility index (Phi) is 5.60. The van der Waals surface area contributed by atoms with E-state index in [-0.39, 0.29) is 11.6 Å². The van der Waals surface area contributed by atoms with Gasteiger partial charge in [0, 0.05) is 19.3 Å². The summed E-state index contributed by atoms with van der Waals surface area (Å²) in [7, 11) is 1.69. The monoisotopic (exact) mass is 262 g/mol. The van der Waals surface area contributed by atoms with Crippen LogP contribution in [0.25, 0.3) is 0 Å². The minimum atomic E-state index is -1.02. The van der Waals surface area contributed by atoms with Gasteiger partial charge in [-0.05, 0) is 31.0 Å². The second-order valence-corrected chi connectivity index (χ2v) is 4.17. The number of benzene rings is 1. The van der Waals surface area contributed by atoms with Gasteiger partial charge < -0.3 is 15.3 Å². The number of anilines is 1. The van der Waals surface area contributed by atoms with Gasteiger partial charge in [0.15, 0.2) is 0 Å². The Morgan fingerprint density at radius 1 is 1.47 bits per heavy atom. The molecule has 0 saturated heterocycles. The lowest BCUT2D eigenvalue weighted by Gasteiger charge is -2.17. The van der Waals surface area contributed by atoms with Crippen LogP contribution in [0.2, 0.25) is 0 Å². The molecular formula is C14H18N2O3. The largest absolute Gasteiger partial charge is 0.478 e. The average molecular weight is 262 g/mol. The highest BCUT2D eigenvalue weighted by molar-refractivity contribution is 5.93. The Balaban J connectivity index is 2.58. The fraction of sp³-hybridized carbons (Fsp3) is 0.286. The molecule has 2 amide bonds. The third kappa shape index (κ3) is 4.83. The molecule has 0 aliphatic rings. The van der Waals surface area contributed by atoms with E-state index in [9.17, 15) is 9.59 Å². The first-order valence-electron chi connectivity index (χ1n) is 6.01. The van der Waals surface area contributed by atoms with Gasteiger partial charge in [-0.3, -0.25) is 0 Å². The number of allylic oxidation sites excluding steroid dienone is 1. The molecule has 0 aliphatic heterocycles. The van der Waals surface area contributed by atoms with Crippen molar-refractivity contribution in [3.8, 4) is 0 Å². The van der Waals surface area contributed by atoms with Gasteiger partial charge in [0.1, 0.15) is 0 Å². The van der Waals surface area contributed by atoms with Gasteiger partial charge in [0.05, 0.1) is 5.56 Å². The first-order chi connectivity index (χ1) is 9.04. The number of carboxylic acid groups (broad SMARTS) is 1. The Labute approximate surface area is 112 Å². The summed E-state index contributed by atoms with van der Waals surface area (Å²) in [6.45, 7) is 4.24. The van der Waals surface area contributed by atoms with E-state index < -0.39 is 5.97 Å². The molecule has 0 aromatic heterocycles. The maximum atomic E-state index is 11.8. The minimum absolute atomic E-state index is 0.145. The number of hydrogen-bond acceptors (Lipinski definition) is 2. The molecule has 5 nitrogen and oxygen atoms in total. The van der Waals surface area contributed by atoms with Gasteiger partial charge in [-0.15, -0.1) is 6.58 Å². The number of carbonyl (C=O) groups excluding carboxylic acids is 1. The van der Waals surface area contributed by atoms with Crippen LogP contribution in [0.15, 0.2) is 36.9 Å². The summed E-state index contributed by atoms with van der Waals surface area (Å²) in [5, 5.41) is 11.5. The van der Waals surface area contributed by atoms with Gasteiger partial charge in [0.2, 0.25) is 0 Å². The molecule has 0 saturated carbocycles. The molecule has 102 valence electrons. The number of nitrogens with zero attached hydrogens (tertiary/aromatic N) is 1. The van der Waals surface area contributed by atoms with Gasteiger partial charge in [-0.25, -0.2) is 9.59 Å². The number of unbranched alkanes of at least 4 members (excludes halogenated alkanes) is 1. The van der Waals surface area contributed by atoms with Crippen LogP contribution in [0.5, 0.6) is 0 Å². The highest BCUT2D eigenvalue weighted by Crippen LogP contribution is 2.11. The number of aromatic carboxylic acids is 1. The van der Waals surface area contributed by atoms with E-state index in [2.05, 4.69) is 11.9 Å². The topological polar surface area (TPSA) is 69.6 Å². The summed E-state index contributed by atoms with van der Waals surface area (Å²) in [4.78, 5) is 24.2. The molecule has 2 N–H and O–H groups in total. The van der Waals surface area contributed by atoms with Crippen LogP contribution in [-0.4, -0.2) is 35.6 Å². The average Bonchev–Trinajstić information content (AvgIpc) is 2.39. The number of urea groups is 1. The summed E-state index contributed by atoms with van der Waals surface area (Å²) in [5.41, 5.74) is 0.618. The lowest BCUT2D eigenvalue weighted by molar-refractivity contribution is 0.0697. The van der Waals surface area contributed by atoms with Crippen LogP contribution >= 0.6 is 0 Å². The molecule has 0 atom stereocenters. The second kappa shape index (κ2) is 7.20. The molecule has 0 aliphatic carbocycles. The van der Waals surface area contributed by atoms with Gasteiger partial charge in [-0.2, -0.15) is 0 Å². The van der Waals surface area contributed by atoms with Gasteiger partial charge in [-0.1, -0.05) is 12.1 Å². The molecule has 0 radical (unpaired) electrons. The third-order valence-corrected chi connectivity index (χ3v) is 2.61. The summed E-state index contributed by atoms with van der Waals surface area (Å²) in [6, 6.07) is 5.90. The molecule has 5 heteroatoms. The van der Waals surface area contributed by atoms with Crippen LogP contribution < -0.4 is 5.32 Å². The van der Waals surface area contributed by atoms with Crippen molar-refractivity contribution in [2.45, 2.75) is 12.8 Å². The van der Waals surface area contributed by atoms with Crippen molar-refractivity contribution in [2.24, 2.45) is 0 Å². The van der Waals surface area contributed by atoms with E-state index in [0.717, 1.165) is 12.8 Å². The molecule has 19 heavy (non-hydrogen) atoms. The van der Waals surface area contributed by atoms with E-state index in [1.165, 1.54) is 12.1 Å². The predicted octanol–water partition coefficient (Wildman–Crippen LogP) is 2.81. The van der Waals surface area contributed by atoms with E-state index in [4.69, 9.17) is 5.11 Å². The van der Waals surface area contributed by atoms with Crippen LogP contribution in [0.4, 0.5) is 10.5 Å². The summed E-state index contributed by atoms with van der Waals surface area (Å²) in [5.74, 6) is -1.02. The molecule has 1 rings (SSSR count). The Bertz CT molecular complexity index is 472. The van der Waals surface area contributed by atoms with Crippen molar-refractivity contribution >= 4 is 17.7 Å². The number of amides is 2. The normalized spacial score (nSPS) is 9.74.